The molecular weight excluding hydrogens is 244 g/mol. The zero-order valence-electron chi connectivity index (χ0n) is 7.37. The minimum atomic E-state index is -4.61. The summed E-state index contributed by atoms with van der Waals surface area (Å²) in [5, 5.41) is 0. The lowest BCUT2D eigenvalue weighted by Gasteiger charge is -1.95. The van der Waals surface area contributed by atoms with E-state index in [0.717, 1.165) is 0 Å². The van der Waals surface area contributed by atoms with Gasteiger partial charge in [0, 0.05) is 11.6 Å². The Kier molecular flexibility index (Phi) is 6.09. The molecule has 0 unspecified atom stereocenters. The van der Waals surface area contributed by atoms with Crippen LogP contribution in [0, 0.1) is 0 Å². The smallest absolute Gasteiger partial charge is 0.415 e. The number of benzene rings is 1. The average Bonchev–Trinajstić information content (AvgIpc) is 2.01. The molecule has 0 atom stereocenters. The monoisotopic (exact) mass is 252 g/mol. The van der Waals surface area contributed by atoms with Crippen LogP contribution < -0.4 is 4.74 Å². The molecule has 0 aliphatic heterocycles. The molecule has 1 aromatic rings. The molecular formula is C7H9ClO6Si. The van der Waals surface area contributed by atoms with Crippen LogP contribution in [0.5, 0.6) is 5.75 Å². The molecule has 0 amide bonds. The summed E-state index contributed by atoms with van der Waals surface area (Å²) >= 11 is 4.95. The Balaban J connectivity index is 0.000000336. The van der Waals surface area contributed by atoms with Crippen LogP contribution in [0.1, 0.15) is 0 Å². The molecule has 0 heterocycles. The molecule has 4 N–H and O–H groups in total. The fourth-order valence-corrected chi connectivity index (χ4v) is 0.670. The van der Waals surface area contributed by atoms with Gasteiger partial charge in [0.2, 0.25) is 0 Å². The summed E-state index contributed by atoms with van der Waals surface area (Å²) < 4.78 is 4.54. The first-order valence-corrected chi connectivity index (χ1v) is 5.77. The highest BCUT2D eigenvalue weighted by Crippen LogP contribution is 2.09. The Labute approximate surface area is 91.4 Å². The van der Waals surface area contributed by atoms with Gasteiger partial charge in [-0.3, -0.25) is 0 Å². The first-order chi connectivity index (χ1) is 6.79. The molecule has 6 nitrogen and oxygen atoms in total. The molecule has 0 bridgehead atoms. The number of rotatable bonds is 1. The van der Waals surface area contributed by atoms with Gasteiger partial charge in [0.25, 0.3) is 0 Å². The van der Waals surface area contributed by atoms with Crippen molar-refractivity contribution >= 4 is 26.1 Å². The molecule has 0 saturated heterocycles. The molecule has 0 aliphatic rings. The highest BCUT2D eigenvalue weighted by Gasteiger charge is 2.22. The van der Waals surface area contributed by atoms with Crippen LogP contribution in [0.15, 0.2) is 30.3 Å². The Morgan fingerprint density at radius 1 is 1.13 bits per heavy atom. The maximum atomic E-state index is 10.2. The van der Waals surface area contributed by atoms with E-state index in [4.69, 9.17) is 30.8 Å². The molecule has 1 aromatic carbocycles. The average molecular weight is 253 g/mol. The van der Waals surface area contributed by atoms with Crippen LogP contribution in [0.3, 0.4) is 0 Å². The first kappa shape index (κ1) is 14.0. The normalized spacial score (nSPS) is 9.93. The Hall–Kier alpha value is -0.963. The third-order valence-electron chi connectivity index (χ3n) is 0.941. The van der Waals surface area contributed by atoms with E-state index in [1.54, 1.807) is 24.3 Å². The third kappa shape index (κ3) is 13.0. The minimum Gasteiger partial charge on any atom is -0.415 e. The van der Waals surface area contributed by atoms with E-state index in [2.05, 4.69) is 4.74 Å². The maximum absolute atomic E-state index is 10.2. The van der Waals surface area contributed by atoms with Crippen molar-refractivity contribution in [1.82, 2.24) is 0 Å². The largest absolute Gasteiger partial charge is 0.668 e. The van der Waals surface area contributed by atoms with Crippen LogP contribution >= 0.6 is 11.6 Å². The number of ether oxygens (including phenoxy) is 1. The van der Waals surface area contributed by atoms with Gasteiger partial charge in [0.1, 0.15) is 5.75 Å². The summed E-state index contributed by atoms with van der Waals surface area (Å²) in [6.07, 6.45) is 0. The van der Waals surface area contributed by atoms with Crippen LogP contribution in [0.4, 0.5) is 4.79 Å². The van der Waals surface area contributed by atoms with Crippen molar-refractivity contribution in [3.05, 3.63) is 30.3 Å². The Bertz CT molecular complexity index is 292. The van der Waals surface area contributed by atoms with E-state index in [1.165, 1.54) is 0 Å². The summed E-state index contributed by atoms with van der Waals surface area (Å²) in [7, 11) is -4.61. The highest BCUT2D eigenvalue weighted by atomic mass is 35.5. The van der Waals surface area contributed by atoms with Gasteiger partial charge < -0.3 is 23.9 Å². The summed E-state index contributed by atoms with van der Waals surface area (Å²) in [5.74, 6) is 0.461. The lowest BCUT2D eigenvalue weighted by molar-refractivity contribution is 0.117. The fraction of sp³-hybridized carbons (Fsp3) is 0. The molecule has 84 valence electrons. The Morgan fingerprint density at radius 2 is 1.53 bits per heavy atom. The van der Waals surface area contributed by atoms with Crippen LogP contribution in [-0.2, 0) is 0 Å². The van der Waals surface area contributed by atoms with Crippen LogP contribution in [-0.4, -0.2) is 33.7 Å². The number of hydrogen-bond donors (Lipinski definition) is 4. The second-order valence-electron chi connectivity index (χ2n) is 2.25. The molecule has 0 saturated carbocycles. The number of carbonyl (C=O) groups excluding carboxylic acids is 1. The second-order valence-corrected chi connectivity index (χ2v) is 3.76. The van der Waals surface area contributed by atoms with Crippen molar-refractivity contribution in [3.63, 3.8) is 0 Å². The van der Waals surface area contributed by atoms with Gasteiger partial charge in [-0.15, -0.1) is 0 Å². The zero-order chi connectivity index (χ0) is 11.9. The standard InChI is InChI=1S/C7H5ClO2.H4O4Si/c8-7(9)10-6-4-2-1-3-5-6;1-5(2,3)4/h1-5H;1-4H. The minimum absolute atomic E-state index is 0.461. The summed E-state index contributed by atoms with van der Waals surface area (Å²) in [6, 6.07) is 8.65. The Morgan fingerprint density at radius 3 is 1.87 bits per heavy atom. The van der Waals surface area contributed by atoms with E-state index in [-0.39, 0.29) is 0 Å². The van der Waals surface area contributed by atoms with Gasteiger partial charge in [0.05, 0.1) is 0 Å². The topological polar surface area (TPSA) is 107 Å². The second kappa shape index (κ2) is 6.51. The van der Waals surface area contributed by atoms with Crippen molar-refractivity contribution in [2.24, 2.45) is 0 Å². The van der Waals surface area contributed by atoms with E-state index in [9.17, 15) is 4.79 Å². The van der Waals surface area contributed by atoms with Crippen molar-refractivity contribution in [2.45, 2.75) is 0 Å². The predicted octanol–water partition coefficient (Wildman–Crippen LogP) is -0.185. The lowest BCUT2D eigenvalue weighted by Crippen LogP contribution is -2.33. The van der Waals surface area contributed by atoms with Gasteiger partial charge in [0.15, 0.2) is 0 Å². The van der Waals surface area contributed by atoms with Gasteiger partial charge in [-0.25, -0.2) is 4.79 Å². The number of carbonyl (C=O) groups is 1. The molecule has 0 fully saturated rings. The van der Waals surface area contributed by atoms with Gasteiger partial charge in [-0.1, -0.05) is 18.2 Å². The predicted molar refractivity (Wildman–Crippen MR) is 52.9 cm³/mol. The number of para-hydroxylation sites is 1. The SMILES string of the molecule is O=C(Cl)Oc1ccccc1.O[Si](O)(O)O. The zero-order valence-corrected chi connectivity index (χ0v) is 9.13. The molecule has 1 rings (SSSR count). The number of hydrogen-bond acceptors (Lipinski definition) is 6. The van der Waals surface area contributed by atoms with Crippen molar-refractivity contribution < 1.29 is 28.7 Å². The fourth-order valence-electron chi connectivity index (χ4n) is 0.581. The van der Waals surface area contributed by atoms with Crippen LogP contribution in [0.25, 0.3) is 0 Å². The molecule has 0 spiro atoms. The molecule has 0 aliphatic carbocycles. The summed E-state index contributed by atoms with van der Waals surface area (Å²) in [5.41, 5.74) is -0.814. The molecule has 8 heteroatoms. The highest BCUT2D eigenvalue weighted by molar-refractivity contribution is 6.61. The van der Waals surface area contributed by atoms with Gasteiger partial charge in [-0.2, -0.15) is 0 Å². The maximum Gasteiger partial charge on any atom is 0.668 e. The first-order valence-electron chi connectivity index (χ1n) is 3.61. The van der Waals surface area contributed by atoms with Gasteiger partial charge >= 0.3 is 14.5 Å². The number of halogens is 1. The molecule has 15 heavy (non-hydrogen) atoms. The summed E-state index contributed by atoms with van der Waals surface area (Å²) in [6.45, 7) is 0. The molecule has 0 aromatic heterocycles. The quantitative estimate of drug-likeness (QED) is 0.408. The van der Waals surface area contributed by atoms with Crippen molar-refractivity contribution in [1.29, 1.82) is 0 Å². The van der Waals surface area contributed by atoms with E-state index in [0.29, 0.717) is 5.75 Å². The van der Waals surface area contributed by atoms with Crippen molar-refractivity contribution in [2.75, 3.05) is 0 Å². The van der Waals surface area contributed by atoms with Gasteiger partial charge in [-0.05, 0) is 12.1 Å². The summed E-state index contributed by atoms with van der Waals surface area (Å²) in [4.78, 5) is 39.5. The lowest BCUT2D eigenvalue weighted by atomic mass is 10.3. The van der Waals surface area contributed by atoms with Crippen LogP contribution in [0.2, 0.25) is 0 Å². The molecule has 0 radical (unpaired) electrons. The van der Waals surface area contributed by atoms with E-state index in [1.807, 2.05) is 6.07 Å². The van der Waals surface area contributed by atoms with E-state index >= 15 is 0 Å². The third-order valence-corrected chi connectivity index (χ3v) is 1.02. The van der Waals surface area contributed by atoms with E-state index < -0.39 is 14.5 Å². The van der Waals surface area contributed by atoms with Crippen molar-refractivity contribution in [3.8, 4) is 5.75 Å².